The Labute approximate surface area is 177 Å². The van der Waals surface area contributed by atoms with Crippen molar-refractivity contribution >= 4 is 42.7 Å². The van der Waals surface area contributed by atoms with Crippen LogP contribution >= 0.6 is 24.8 Å². The van der Waals surface area contributed by atoms with Crippen LogP contribution in [0.15, 0.2) is 48.8 Å². The van der Waals surface area contributed by atoms with Crippen LogP contribution in [-0.4, -0.2) is 45.1 Å². The first kappa shape index (κ1) is 23.8. The minimum Gasteiger partial charge on any atom is -0.350 e. The predicted octanol–water partition coefficient (Wildman–Crippen LogP) is 2.92. The lowest BCUT2D eigenvalue weighted by atomic mass is 10.0. The van der Waals surface area contributed by atoms with E-state index >= 15 is 0 Å². The van der Waals surface area contributed by atoms with Crippen molar-refractivity contribution < 1.29 is 10.0 Å². The molecule has 1 fully saturated rings. The lowest BCUT2D eigenvalue weighted by molar-refractivity contribution is -0.124. The second-order valence-corrected chi connectivity index (χ2v) is 6.35. The molecule has 2 aromatic rings. The second-order valence-electron chi connectivity index (χ2n) is 6.35. The Bertz CT molecular complexity index is 744. The maximum Gasteiger partial charge on any atom is 0.267 e. The SMILES string of the molecule is Cl.Cl.O=C(C=Cc1cnc(N[C@@H]2CCCN(Cc3ccccc3)C2)nc1)NO. The highest BCUT2D eigenvalue weighted by atomic mass is 35.5. The number of nitrogens with one attached hydrogen (secondary N) is 2. The number of hydrogen-bond acceptors (Lipinski definition) is 6. The molecule has 1 aliphatic rings. The lowest BCUT2D eigenvalue weighted by Crippen LogP contribution is -2.41. The van der Waals surface area contributed by atoms with Crippen LogP contribution in [0.2, 0.25) is 0 Å². The van der Waals surface area contributed by atoms with E-state index in [1.165, 1.54) is 23.2 Å². The van der Waals surface area contributed by atoms with Gasteiger partial charge in [0.1, 0.15) is 0 Å². The largest absolute Gasteiger partial charge is 0.350 e. The van der Waals surface area contributed by atoms with Gasteiger partial charge in [-0.25, -0.2) is 15.4 Å². The summed E-state index contributed by atoms with van der Waals surface area (Å²) < 4.78 is 0. The maximum absolute atomic E-state index is 11.0. The van der Waals surface area contributed by atoms with Crippen molar-refractivity contribution in [2.45, 2.75) is 25.4 Å². The van der Waals surface area contributed by atoms with Crippen LogP contribution < -0.4 is 10.8 Å². The van der Waals surface area contributed by atoms with Crippen molar-refractivity contribution in [1.82, 2.24) is 20.3 Å². The number of halogens is 2. The van der Waals surface area contributed by atoms with E-state index in [1.54, 1.807) is 12.4 Å². The average Bonchev–Trinajstić information content (AvgIpc) is 2.68. The molecule has 1 atom stereocenters. The Kier molecular flexibility index (Phi) is 10.5. The highest BCUT2D eigenvalue weighted by molar-refractivity contribution is 5.90. The second kappa shape index (κ2) is 12.3. The summed E-state index contributed by atoms with van der Waals surface area (Å²) in [6.07, 6.45) is 8.27. The van der Waals surface area contributed by atoms with E-state index in [-0.39, 0.29) is 24.8 Å². The standard InChI is InChI=1S/C19H23N5O2.2ClH/c25-18(23-26)9-8-16-11-20-19(21-12-16)22-17-7-4-10-24(14-17)13-15-5-2-1-3-6-15;;/h1-3,5-6,8-9,11-12,17,26H,4,7,10,13-14H2,(H,23,25)(H,20,21,22);2*1H/t17-;;/m1../s1. The average molecular weight is 426 g/mol. The molecule has 1 aromatic carbocycles. The molecular weight excluding hydrogens is 401 g/mol. The third kappa shape index (κ3) is 7.44. The molecule has 3 rings (SSSR count). The summed E-state index contributed by atoms with van der Waals surface area (Å²) in [4.78, 5) is 22.0. The van der Waals surface area contributed by atoms with Gasteiger partial charge >= 0.3 is 0 Å². The van der Waals surface area contributed by atoms with E-state index in [0.29, 0.717) is 17.6 Å². The fourth-order valence-electron chi connectivity index (χ4n) is 3.05. The number of anilines is 1. The monoisotopic (exact) mass is 425 g/mol. The molecule has 1 saturated heterocycles. The highest BCUT2D eigenvalue weighted by Gasteiger charge is 2.20. The van der Waals surface area contributed by atoms with Gasteiger partial charge in [-0.15, -0.1) is 24.8 Å². The topological polar surface area (TPSA) is 90.4 Å². The molecule has 0 bridgehead atoms. The van der Waals surface area contributed by atoms with Crippen molar-refractivity contribution in [1.29, 1.82) is 0 Å². The van der Waals surface area contributed by atoms with E-state index < -0.39 is 5.91 Å². The molecule has 2 heterocycles. The number of carbonyl (C=O) groups excluding carboxylic acids is 1. The van der Waals surface area contributed by atoms with Gasteiger partial charge in [-0.3, -0.25) is 14.9 Å². The zero-order chi connectivity index (χ0) is 18.2. The Morgan fingerprint density at radius 3 is 2.61 bits per heavy atom. The summed E-state index contributed by atoms with van der Waals surface area (Å²) in [7, 11) is 0. The molecule has 3 N–H and O–H groups in total. The number of hydroxylamine groups is 1. The summed E-state index contributed by atoms with van der Waals surface area (Å²) in [5.41, 5.74) is 3.55. The lowest BCUT2D eigenvalue weighted by Gasteiger charge is -2.33. The summed E-state index contributed by atoms with van der Waals surface area (Å²) in [5.74, 6) is -0.00626. The Hall–Kier alpha value is -2.19. The van der Waals surface area contributed by atoms with Crippen molar-refractivity contribution in [3.05, 3.63) is 59.9 Å². The molecule has 1 amide bonds. The number of benzene rings is 1. The van der Waals surface area contributed by atoms with Crippen LogP contribution in [0.25, 0.3) is 6.08 Å². The van der Waals surface area contributed by atoms with Gasteiger partial charge in [-0.1, -0.05) is 30.3 Å². The van der Waals surface area contributed by atoms with Crippen LogP contribution in [0.1, 0.15) is 24.0 Å². The minimum atomic E-state index is -0.590. The van der Waals surface area contributed by atoms with Crippen molar-refractivity contribution in [3.63, 3.8) is 0 Å². The molecule has 152 valence electrons. The van der Waals surface area contributed by atoms with Crippen LogP contribution in [0, 0.1) is 0 Å². The number of amides is 1. The summed E-state index contributed by atoms with van der Waals surface area (Å²) in [5, 5.41) is 11.9. The van der Waals surface area contributed by atoms with Crippen LogP contribution in [0.4, 0.5) is 5.95 Å². The third-order valence-corrected chi connectivity index (χ3v) is 4.30. The molecule has 7 nitrogen and oxygen atoms in total. The first-order valence-corrected chi connectivity index (χ1v) is 8.70. The zero-order valence-corrected chi connectivity index (χ0v) is 17.0. The first-order valence-electron chi connectivity index (χ1n) is 8.70. The minimum absolute atomic E-state index is 0. The smallest absolute Gasteiger partial charge is 0.267 e. The van der Waals surface area contributed by atoms with Gasteiger partial charge in [0.2, 0.25) is 5.95 Å². The fraction of sp³-hybridized carbons (Fsp3) is 0.316. The molecule has 0 spiro atoms. The molecule has 0 aliphatic carbocycles. The molecule has 1 aromatic heterocycles. The Morgan fingerprint density at radius 2 is 1.93 bits per heavy atom. The Balaban J connectivity index is 0.00000196. The van der Waals surface area contributed by atoms with Crippen LogP contribution in [-0.2, 0) is 11.3 Å². The quantitative estimate of drug-likeness (QED) is 0.374. The van der Waals surface area contributed by atoms with Gasteiger partial charge in [0, 0.05) is 43.2 Å². The van der Waals surface area contributed by atoms with Crippen LogP contribution in [0.3, 0.4) is 0 Å². The van der Waals surface area contributed by atoms with Crippen molar-refractivity contribution in [2.75, 3.05) is 18.4 Å². The number of piperidine rings is 1. The zero-order valence-electron chi connectivity index (χ0n) is 15.3. The molecule has 28 heavy (non-hydrogen) atoms. The Morgan fingerprint density at radius 1 is 1.21 bits per heavy atom. The highest BCUT2D eigenvalue weighted by Crippen LogP contribution is 2.16. The molecule has 0 radical (unpaired) electrons. The molecule has 0 saturated carbocycles. The number of likely N-dealkylation sites (tertiary alicyclic amines) is 1. The van der Waals surface area contributed by atoms with E-state index in [9.17, 15) is 4.79 Å². The van der Waals surface area contributed by atoms with E-state index in [1.807, 2.05) is 6.07 Å². The first-order chi connectivity index (χ1) is 12.7. The molecule has 1 aliphatic heterocycles. The molecule has 9 heteroatoms. The fourth-order valence-corrected chi connectivity index (χ4v) is 3.05. The number of hydrogen-bond donors (Lipinski definition) is 3. The number of carbonyl (C=O) groups is 1. The summed E-state index contributed by atoms with van der Waals surface area (Å²) in [6.45, 7) is 3.01. The third-order valence-electron chi connectivity index (χ3n) is 4.30. The molecule has 0 unspecified atom stereocenters. The van der Waals surface area contributed by atoms with E-state index in [2.05, 4.69) is 44.5 Å². The maximum atomic E-state index is 11.0. The van der Waals surface area contributed by atoms with E-state index in [4.69, 9.17) is 5.21 Å². The number of aromatic nitrogens is 2. The summed E-state index contributed by atoms with van der Waals surface area (Å²) >= 11 is 0. The van der Waals surface area contributed by atoms with Gasteiger partial charge in [-0.05, 0) is 31.0 Å². The summed E-state index contributed by atoms with van der Waals surface area (Å²) in [6, 6.07) is 10.8. The van der Waals surface area contributed by atoms with Gasteiger partial charge in [-0.2, -0.15) is 0 Å². The van der Waals surface area contributed by atoms with Gasteiger partial charge in [0.05, 0.1) is 0 Å². The van der Waals surface area contributed by atoms with Gasteiger partial charge < -0.3 is 5.32 Å². The molecular formula is C19H25Cl2N5O2. The predicted molar refractivity (Wildman–Crippen MR) is 114 cm³/mol. The number of rotatable bonds is 6. The van der Waals surface area contributed by atoms with Crippen molar-refractivity contribution in [2.24, 2.45) is 0 Å². The van der Waals surface area contributed by atoms with Gasteiger partial charge in [0.15, 0.2) is 0 Å². The van der Waals surface area contributed by atoms with Crippen LogP contribution in [0.5, 0.6) is 0 Å². The normalized spacial score (nSPS) is 16.7. The van der Waals surface area contributed by atoms with E-state index in [0.717, 1.165) is 32.5 Å². The van der Waals surface area contributed by atoms with Crippen molar-refractivity contribution in [3.8, 4) is 0 Å². The number of nitrogens with zero attached hydrogens (tertiary/aromatic N) is 3. The van der Waals surface area contributed by atoms with Gasteiger partial charge in [0.25, 0.3) is 5.91 Å².